The molecule has 0 radical (unpaired) electrons. The van der Waals surface area contributed by atoms with Gasteiger partial charge in [0.15, 0.2) is 6.29 Å². The van der Waals surface area contributed by atoms with Crippen LogP contribution in [-0.2, 0) is 14.3 Å². The lowest BCUT2D eigenvalue weighted by Crippen LogP contribution is -2.12. The molecule has 0 spiro atoms. The number of carbonyl (C=O) groups excluding carboxylic acids is 1. The summed E-state index contributed by atoms with van der Waals surface area (Å²) in [5.74, 6) is 0.596. The van der Waals surface area contributed by atoms with Gasteiger partial charge in [-0.1, -0.05) is 39.2 Å². The van der Waals surface area contributed by atoms with Crippen LogP contribution in [0.25, 0.3) is 0 Å². The molecule has 0 aliphatic carbocycles. The second-order valence-corrected chi connectivity index (χ2v) is 3.56. The maximum atomic E-state index is 10.4. The van der Waals surface area contributed by atoms with Crippen molar-refractivity contribution in [2.75, 3.05) is 0 Å². The first-order chi connectivity index (χ1) is 6.77. The van der Waals surface area contributed by atoms with Gasteiger partial charge in [0.05, 0.1) is 0 Å². The molecule has 2 atom stereocenters. The van der Waals surface area contributed by atoms with Crippen LogP contribution in [0.4, 0.5) is 0 Å². The summed E-state index contributed by atoms with van der Waals surface area (Å²) in [6, 6.07) is 0. The molecule has 0 saturated carbocycles. The van der Waals surface area contributed by atoms with Crippen LogP contribution in [0.2, 0.25) is 0 Å². The molecule has 1 heterocycles. The van der Waals surface area contributed by atoms with Crippen molar-refractivity contribution in [2.45, 2.75) is 51.4 Å². The summed E-state index contributed by atoms with van der Waals surface area (Å²) >= 11 is 0. The topological polar surface area (TPSA) is 35.5 Å². The molecule has 0 bridgehead atoms. The van der Waals surface area contributed by atoms with Crippen LogP contribution in [-0.4, -0.2) is 18.7 Å². The lowest BCUT2D eigenvalue weighted by atomic mass is 10.1. The molecule has 1 aliphatic heterocycles. The molecule has 1 rings (SSSR count). The first-order valence-electron chi connectivity index (χ1n) is 5.24. The Labute approximate surface area is 85.1 Å². The largest absolute Gasteiger partial charge is 0.460 e. The molecule has 80 valence electrons. The third-order valence-corrected chi connectivity index (χ3v) is 2.36. The van der Waals surface area contributed by atoms with Gasteiger partial charge in [0.2, 0.25) is 0 Å². The van der Waals surface area contributed by atoms with Crippen molar-refractivity contribution < 1.29 is 14.3 Å². The maximum Gasteiger partial charge on any atom is 0.257 e. The summed E-state index contributed by atoms with van der Waals surface area (Å²) < 4.78 is 10.4. The van der Waals surface area contributed by atoms with Gasteiger partial charge in [-0.25, -0.2) is 0 Å². The Bertz CT molecular complexity index is 201. The number of rotatable bonds is 6. The van der Waals surface area contributed by atoms with Crippen molar-refractivity contribution in [1.29, 1.82) is 0 Å². The second-order valence-electron chi connectivity index (χ2n) is 3.56. The van der Waals surface area contributed by atoms with E-state index in [0.29, 0.717) is 12.0 Å². The van der Waals surface area contributed by atoms with Crippen molar-refractivity contribution >= 4 is 6.29 Å². The highest BCUT2D eigenvalue weighted by Gasteiger charge is 2.29. The quantitative estimate of drug-likeness (QED) is 0.485. The smallest absolute Gasteiger partial charge is 0.257 e. The van der Waals surface area contributed by atoms with E-state index in [9.17, 15) is 4.79 Å². The number of ether oxygens (including phenoxy) is 2. The fraction of sp³-hybridized carbons (Fsp3) is 0.727. The summed E-state index contributed by atoms with van der Waals surface area (Å²) in [5.41, 5.74) is 0. The Balaban J connectivity index is 2.18. The van der Waals surface area contributed by atoms with Gasteiger partial charge in [-0.15, -0.1) is 0 Å². The lowest BCUT2D eigenvalue weighted by molar-refractivity contribution is -0.132. The normalized spacial score (nSPS) is 26.2. The van der Waals surface area contributed by atoms with Crippen molar-refractivity contribution in [3.8, 4) is 0 Å². The highest BCUT2D eigenvalue weighted by atomic mass is 16.7. The highest BCUT2D eigenvalue weighted by molar-refractivity contribution is 5.54. The molecule has 2 unspecified atom stereocenters. The minimum Gasteiger partial charge on any atom is -0.460 e. The van der Waals surface area contributed by atoms with Crippen molar-refractivity contribution in [3.63, 3.8) is 0 Å². The van der Waals surface area contributed by atoms with Gasteiger partial charge in [0.25, 0.3) is 6.29 Å². The van der Waals surface area contributed by atoms with Crippen molar-refractivity contribution in [2.24, 2.45) is 0 Å². The minimum atomic E-state index is -0.723. The van der Waals surface area contributed by atoms with Gasteiger partial charge in [-0.3, -0.25) is 4.79 Å². The molecule has 0 amide bonds. The van der Waals surface area contributed by atoms with Crippen LogP contribution in [0.1, 0.15) is 39.0 Å². The summed E-state index contributed by atoms with van der Waals surface area (Å²) in [6.45, 7) is 5.90. The van der Waals surface area contributed by atoms with Gasteiger partial charge in [0, 0.05) is 0 Å². The zero-order chi connectivity index (χ0) is 10.4. The molecule has 0 aromatic rings. The van der Waals surface area contributed by atoms with E-state index in [1.54, 1.807) is 0 Å². The maximum absolute atomic E-state index is 10.4. The van der Waals surface area contributed by atoms with Gasteiger partial charge >= 0.3 is 0 Å². The monoisotopic (exact) mass is 198 g/mol. The van der Waals surface area contributed by atoms with E-state index in [1.807, 2.05) is 0 Å². The Kier molecular flexibility index (Phi) is 4.66. The average Bonchev–Trinajstić information content (AvgIpc) is 2.54. The van der Waals surface area contributed by atoms with Gasteiger partial charge in [0.1, 0.15) is 11.9 Å². The van der Waals surface area contributed by atoms with Gasteiger partial charge in [-0.2, -0.15) is 0 Å². The van der Waals surface area contributed by atoms with Crippen LogP contribution in [0, 0.1) is 0 Å². The summed E-state index contributed by atoms with van der Waals surface area (Å²) in [7, 11) is 0. The zero-order valence-corrected chi connectivity index (χ0v) is 8.70. The van der Waals surface area contributed by atoms with E-state index in [4.69, 9.17) is 9.47 Å². The van der Waals surface area contributed by atoms with E-state index in [2.05, 4.69) is 13.5 Å². The Morgan fingerprint density at radius 2 is 2.21 bits per heavy atom. The third-order valence-electron chi connectivity index (χ3n) is 2.36. The molecule has 0 N–H and O–H groups in total. The molecule has 1 fully saturated rings. The number of aldehydes is 1. The van der Waals surface area contributed by atoms with E-state index < -0.39 is 6.29 Å². The van der Waals surface area contributed by atoms with E-state index >= 15 is 0 Å². The van der Waals surface area contributed by atoms with Gasteiger partial charge < -0.3 is 9.47 Å². The highest BCUT2D eigenvalue weighted by Crippen LogP contribution is 2.24. The van der Waals surface area contributed by atoms with Crippen LogP contribution >= 0.6 is 0 Å². The lowest BCUT2D eigenvalue weighted by Gasteiger charge is -2.06. The molecular formula is C11H18O3. The fourth-order valence-corrected chi connectivity index (χ4v) is 1.54. The van der Waals surface area contributed by atoms with E-state index in [1.165, 1.54) is 19.3 Å². The third kappa shape index (κ3) is 3.14. The Hall–Kier alpha value is -0.830. The summed E-state index contributed by atoms with van der Waals surface area (Å²) in [6.07, 6.45) is 5.54. The standard InChI is InChI=1S/C11H18O3/c1-3-4-5-6-7-10-9(2)13-11(8-12)14-10/h8,10-11H,2-7H2,1H3. The SMILES string of the molecule is C=C1OC(C=O)OC1CCCCCC. The van der Waals surface area contributed by atoms with E-state index in [0.717, 1.165) is 12.8 Å². The number of hydrogen-bond donors (Lipinski definition) is 0. The molecule has 0 aromatic heterocycles. The second kappa shape index (κ2) is 5.81. The van der Waals surface area contributed by atoms with E-state index in [-0.39, 0.29) is 6.10 Å². The van der Waals surface area contributed by atoms with Crippen molar-refractivity contribution in [3.05, 3.63) is 12.3 Å². The molecule has 1 saturated heterocycles. The molecule has 3 heteroatoms. The number of unbranched alkanes of at least 4 members (excludes halogenated alkanes) is 3. The van der Waals surface area contributed by atoms with Crippen LogP contribution < -0.4 is 0 Å². The average molecular weight is 198 g/mol. The van der Waals surface area contributed by atoms with Crippen LogP contribution in [0.5, 0.6) is 0 Å². The first-order valence-corrected chi connectivity index (χ1v) is 5.24. The first kappa shape index (κ1) is 11.2. The minimum absolute atomic E-state index is 0.0814. The Morgan fingerprint density at radius 1 is 1.43 bits per heavy atom. The van der Waals surface area contributed by atoms with Crippen molar-refractivity contribution in [1.82, 2.24) is 0 Å². The molecule has 0 aromatic carbocycles. The molecule has 1 aliphatic rings. The molecular weight excluding hydrogens is 180 g/mol. The molecule has 14 heavy (non-hydrogen) atoms. The summed E-state index contributed by atoms with van der Waals surface area (Å²) in [5, 5.41) is 0. The summed E-state index contributed by atoms with van der Waals surface area (Å²) in [4.78, 5) is 10.4. The van der Waals surface area contributed by atoms with Crippen LogP contribution in [0.3, 0.4) is 0 Å². The number of hydrogen-bond acceptors (Lipinski definition) is 3. The van der Waals surface area contributed by atoms with Gasteiger partial charge in [-0.05, 0) is 6.42 Å². The van der Waals surface area contributed by atoms with Crippen LogP contribution in [0.15, 0.2) is 12.3 Å². The predicted octanol–water partition coefficient (Wildman–Crippen LogP) is 2.41. The fourth-order valence-electron chi connectivity index (χ4n) is 1.54. The number of carbonyl (C=O) groups is 1. The zero-order valence-electron chi connectivity index (χ0n) is 8.70. The molecule has 3 nitrogen and oxygen atoms in total. The Morgan fingerprint density at radius 3 is 2.79 bits per heavy atom. The predicted molar refractivity (Wildman–Crippen MR) is 53.7 cm³/mol.